The molecule has 30 heavy (non-hydrogen) atoms. The zero-order chi connectivity index (χ0) is 21.8. The lowest BCUT2D eigenvalue weighted by Gasteiger charge is -2.48. The minimum atomic E-state index is -4.33. The van der Waals surface area contributed by atoms with Gasteiger partial charge in [0, 0.05) is 38.0 Å². The molecule has 2 amide bonds. The first-order valence-electron chi connectivity index (χ1n) is 10.6. The molecule has 0 aromatic heterocycles. The van der Waals surface area contributed by atoms with Crippen molar-refractivity contribution in [1.82, 2.24) is 9.80 Å². The monoisotopic (exact) mass is 422 g/mol. The lowest BCUT2D eigenvalue weighted by Crippen LogP contribution is -2.54. The first-order valence-corrected chi connectivity index (χ1v) is 10.6. The Morgan fingerprint density at radius 2 is 1.63 bits per heavy atom. The third kappa shape index (κ3) is 5.43. The average molecular weight is 422 g/mol. The van der Waals surface area contributed by atoms with Crippen LogP contribution in [0.3, 0.4) is 0 Å². The number of hydrogen-bond acceptors (Lipinski definition) is 2. The Kier molecular flexibility index (Phi) is 6.88. The molecular weight excluding hydrogens is 393 g/mol. The van der Waals surface area contributed by atoms with Gasteiger partial charge in [-0.1, -0.05) is 18.7 Å². The van der Waals surface area contributed by atoms with Crippen LogP contribution < -0.4 is 0 Å². The molecule has 1 unspecified atom stereocenters. The highest BCUT2D eigenvalue weighted by molar-refractivity contribution is 5.87. The van der Waals surface area contributed by atoms with Crippen LogP contribution in [-0.4, -0.2) is 47.8 Å². The van der Waals surface area contributed by atoms with E-state index in [9.17, 15) is 22.8 Å². The van der Waals surface area contributed by atoms with E-state index in [4.69, 9.17) is 0 Å². The second-order valence-corrected chi connectivity index (χ2v) is 8.53. The molecule has 0 saturated carbocycles. The zero-order valence-corrected chi connectivity index (χ0v) is 17.2. The minimum absolute atomic E-state index is 0.0295. The maximum absolute atomic E-state index is 12.8. The van der Waals surface area contributed by atoms with Crippen LogP contribution in [0.25, 0.3) is 0 Å². The Morgan fingerprint density at radius 1 is 1.03 bits per heavy atom. The van der Waals surface area contributed by atoms with Crippen LogP contribution in [0.5, 0.6) is 0 Å². The van der Waals surface area contributed by atoms with Crippen molar-refractivity contribution >= 4 is 11.8 Å². The van der Waals surface area contributed by atoms with E-state index in [2.05, 4.69) is 6.58 Å². The molecule has 164 valence electrons. The van der Waals surface area contributed by atoms with E-state index in [1.54, 1.807) is 0 Å². The predicted molar refractivity (Wildman–Crippen MR) is 109 cm³/mol. The van der Waals surface area contributed by atoms with Crippen molar-refractivity contribution in [2.45, 2.75) is 51.1 Å². The molecule has 0 bridgehead atoms. The minimum Gasteiger partial charge on any atom is -0.342 e. The predicted octanol–water partition coefficient (Wildman–Crippen LogP) is 4.45. The molecular formula is C23H29F3N2O2. The molecule has 0 N–H and O–H groups in total. The highest BCUT2D eigenvalue weighted by Crippen LogP contribution is 2.38. The SMILES string of the molecule is C=CC(=O)N1CCCC2(CCCN(C(=O)CCCc3ccc(C(F)(F)F)cc3)C2)C1. The Hall–Kier alpha value is -2.31. The summed E-state index contributed by atoms with van der Waals surface area (Å²) in [6.45, 7) is 6.40. The molecule has 1 spiro atoms. The van der Waals surface area contributed by atoms with E-state index in [1.807, 2.05) is 9.80 Å². The molecule has 1 aromatic rings. The summed E-state index contributed by atoms with van der Waals surface area (Å²) in [4.78, 5) is 28.5. The van der Waals surface area contributed by atoms with Gasteiger partial charge >= 0.3 is 6.18 Å². The van der Waals surface area contributed by atoms with E-state index < -0.39 is 11.7 Å². The number of carbonyl (C=O) groups excluding carboxylic acids is 2. The summed E-state index contributed by atoms with van der Waals surface area (Å²) in [5.41, 5.74) is 0.118. The van der Waals surface area contributed by atoms with Gasteiger partial charge in [-0.25, -0.2) is 0 Å². The smallest absolute Gasteiger partial charge is 0.342 e. The van der Waals surface area contributed by atoms with E-state index in [0.717, 1.165) is 56.5 Å². The van der Waals surface area contributed by atoms with Gasteiger partial charge in [0.15, 0.2) is 0 Å². The fourth-order valence-corrected chi connectivity index (χ4v) is 4.74. The number of benzene rings is 1. The summed E-state index contributed by atoms with van der Waals surface area (Å²) in [5.74, 6) is 0.0437. The lowest BCUT2D eigenvalue weighted by molar-refractivity contribution is -0.138. The molecule has 3 rings (SSSR count). The van der Waals surface area contributed by atoms with Gasteiger partial charge in [0.1, 0.15) is 0 Å². The van der Waals surface area contributed by atoms with Crippen LogP contribution in [0.1, 0.15) is 49.7 Å². The summed E-state index contributed by atoms with van der Waals surface area (Å²) in [7, 11) is 0. The second-order valence-electron chi connectivity index (χ2n) is 8.53. The lowest BCUT2D eigenvalue weighted by atomic mass is 9.73. The third-order valence-electron chi connectivity index (χ3n) is 6.30. The van der Waals surface area contributed by atoms with E-state index >= 15 is 0 Å². The first-order chi connectivity index (χ1) is 14.2. The van der Waals surface area contributed by atoms with Gasteiger partial charge in [-0.3, -0.25) is 9.59 Å². The summed E-state index contributed by atoms with van der Waals surface area (Å²) in [6.07, 6.45) is 2.49. The van der Waals surface area contributed by atoms with Crippen molar-refractivity contribution in [1.29, 1.82) is 0 Å². The summed E-state index contributed by atoms with van der Waals surface area (Å²) < 4.78 is 37.9. The average Bonchev–Trinajstić information content (AvgIpc) is 2.73. The van der Waals surface area contributed by atoms with Crippen LogP contribution >= 0.6 is 0 Å². The van der Waals surface area contributed by atoms with E-state index in [-0.39, 0.29) is 17.2 Å². The zero-order valence-electron chi connectivity index (χ0n) is 17.2. The Labute approximate surface area is 175 Å². The van der Waals surface area contributed by atoms with Crippen LogP contribution in [0.4, 0.5) is 13.2 Å². The van der Waals surface area contributed by atoms with Gasteiger partial charge < -0.3 is 9.80 Å². The van der Waals surface area contributed by atoms with Crippen LogP contribution in [0.2, 0.25) is 0 Å². The Balaban J connectivity index is 1.50. The Bertz CT molecular complexity index is 772. The number of amides is 2. The molecule has 0 radical (unpaired) electrons. The van der Waals surface area contributed by atoms with Gasteiger partial charge in [-0.15, -0.1) is 0 Å². The molecule has 4 nitrogen and oxygen atoms in total. The van der Waals surface area contributed by atoms with Gasteiger partial charge in [0.25, 0.3) is 0 Å². The van der Waals surface area contributed by atoms with Crippen molar-refractivity contribution in [3.63, 3.8) is 0 Å². The largest absolute Gasteiger partial charge is 0.416 e. The number of piperidine rings is 2. The third-order valence-corrected chi connectivity index (χ3v) is 6.30. The number of carbonyl (C=O) groups is 2. The van der Waals surface area contributed by atoms with Gasteiger partial charge in [-0.05, 0) is 62.3 Å². The van der Waals surface area contributed by atoms with E-state index in [1.165, 1.54) is 18.2 Å². The van der Waals surface area contributed by atoms with Crippen molar-refractivity contribution in [3.8, 4) is 0 Å². The fraction of sp³-hybridized carbons (Fsp3) is 0.565. The van der Waals surface area contributed by atoms with Crippen molar-refractivity contribution in [2.24, 2.45) is 5.41 Å². The maximum Gasteiger partial charge on any atom is 0.416 e. The van der Waals surface area contributed by atoms with Gasteiger partial charge in [0.05, 0.1) is 5.56 Å². The standard InChI is InChI=1S/C23H29F3N2O2/c1-2-20(29)27-14-4-12-22(16-27)13-5-15-28(17-22)21(30)7-3-6-18-8-10-19(11-9-18)23(24,25)26/h2,8-11H,1,3-7,12-17H2. The molecule has 1 atom stereocenters. The van der Waals surface area contributed by atoms with Crippen LogP contribution in [0.15, 0.2) is 36.9 Å². The number of nitrogens with zero attached hydrogens (tertiary/aromatic N) is 2. The van der Waals surface area contributed by atoms with Gasteiger partial charge in [-0.2, -0.15) is 13.2 Å². The fourth-order valence-electron chi connectivity index (χ4n) is 4.74. The Morgan fingerprint density at radius 3 is 2.23 bits per heavy atom. The topological polar surface area (TPSA) is 40.6 Å². The second kappa shape index (κ2) is 9.23. The molecule has 2 fully saturated rings. The number of aryl methyl sites for hydroxylation is 1. The summed E-state index contributed by atoms with van der Waals surface area (Å²) in [6, 6.07) is 5.14. The number of likely N-dealkylation sites (tertiary alicyclic amines) is 2. The van der Waals surface area contributed by atoms with Gasteiger partial charge in [0.2, 0.25) is 11.8 Å². The molecule has 2 aliphatic heterocycles. The molecule has 1 aromatic carbocycles. The van der Waals surface area contributed by atoms with Crippen molar-refractivity contribution in [2.75, 3.05) is 26.2 Å². The summed E-state index contributed by atoms with van der Waals surface area (Å²) >= 11 is 0. The summed E-state index contributed by atoms with van der Waals surface area (Å²) in [5, 5.41) is 0. The van der Waals surface area contributed by atoms with Crippen molar-refractivity contribution in [3.05, 3.63) is 48.0 Å². The quantitative estimate of drug-likeness (QED) is 0.658. The molecule has 0 aliphatic carbocycles. The number of hydrogen-bond donors (Lipinski definition) is 0. The molecule has 2 saturated heterocycles. The molecule has 2 heterocycles. The normalized spacial score (nSPS) is 22.2. The number of halogens is 3. The molecule has 2 aliphatic rings. The van der Waals surface area contributed by atoms with Crippen LogP contribution in [-0.2, 0) is 22.2 Å². The van der Waals surface area contributed by atoms with E-state index in [0.29, 0.717) is 32.4 Å². The number of alkyl halides is 3. The number of rotatable bonds is 5. The van der Waals surface area contributed by atoms with Crippen molar-refractivity contribution < 1.29 is 22.8 Å². The van der Waals surface area contributed by atoms with Crippen LogP contribution in [0, 0.1) is 5.41 Å². The highest BCUT2D eigenvalue weighted by Gasteiger charge is 2.41. The molecule has 7 heteroatoms. The maximum atomic E-state index is 12.8. The first kappa shape index (κ1) is 22.4. The highest BCUT2D eigenvalue weighted by atomic mass is 19.4.